The summed E-state index contributed by atoms with van der Waals surface area (Å²) in [5.41, 5.74) is 7.83. The van der Waals surface area contributed by atoms with E-state index in [1.54, 1.807) is 0 Å². The van der Waals surface area contributed by atoms with Crippen LogP contribution in [0.4, 0.5) is 0 Å². The number of nitrogens with zero attached hydrogens (tertiary/aromatic N) is 2. The molecule has 164 valence electrons. The minimum atomic E-state index is 0.418. The molecule has 0 N–H and O–H groups in total. The Labute approximate surface area is 195 Å². The molecule has 2 heterocycles. The van der Waals surface area contributed by atoms with Gasteiger partial charge in [0.2, 0.25) is 0 Å². The highest BCUT2D eigenvalue weighted by Gasteiger charge is 2.16. The van der Waals surface area contributed by atoms with Crippen LogP contribution >= 0.6 is 0 Å². The molecule has 0 radical (unpaired) electrons. The maximum atomic E-state index is 2.51. The summed E-state index contributed by atoms with van der Waals surface area (Å²) in [7, 11) is 0. The molecular weight excluding hydrogens is 400 g/mol. The molecule has 0 saturated heterocycles. The Morgan fingerprint density at radius 1 is 0.545 bits per heavy atom. The third-order valence-corrected chi connectivity index (χ3v) is 7.30. The van der Waals surface area contributed by atoms with E-state index in [2.05, 4.69) is 122 Å². The minimum Gasteiger partial charge on any atom is -0.338 e. The second-order valence-corrected chi connectivity index (χ2v) is 9.59. The van der Waals surface area contributed by atoms with Gasteiger partial charge >= 0.3 is 0 Å². The van der Waals surface area contributed by atoms with Crippen molar-refractivity contribution in [2.75, 3.05) is 0 Å². The number of aromatic nitrogens is 2. The number of benzene rings is 4. The van der Waals surface area contributed by atoms with E-state index in [1.165, 1.54) is 54.7 Å². The third kappa shape index (κ3) is 2.94. The van der Waals surface area contributed by atoms with E-state index in [0.29, 0.717) is 12.1 Å². The lowest BCUT2D eigenvalue weighted by atomic mass is 10.0. The van der Waals surface area contributed by atoms with Crippen molar-refractivity contribution >= 4 is 43.6 Å². The summed E-state index contributed by atoms with van der Waals surface area (Å²) < 4.78 is 4.96. The molecule has 1 unspecified atom stereocenters. The minimum absolute atomic E-state index is 0.418. The van der Waals surface area contributed by atoms with Crippen LogP contribution in [0.2, 0.25) is 0 Å². The van der Waals surface area contributed by atoms with Crippen LogP contribution in [0.25, 0.3) is 54.7 Å². The van der Waals surface area contributed by atoms with Crippen molar-refractivity contribution < 1.29 is 0 Å². The molecule has 6 rings (SSSR count). The van der Waals surface area contributed by atoms with E-state index in [9.17, 15) is 0 Å². The summed E-state index contributed by atoms with van der Waals surface area (Å²) in [6, 6.07) is 32.5. The Balaban J connectivity index is 1.60. The maximum Gasteiger partial charge on any atom is 0.0494 e. The van der Waals surface area contributed by atoms with Gasteiger partial charge < -0.3 is 9.13 Å². The normalized spacial score (nSPS) is 13.1. The van der Waals surface area contributed by atoms with Crippen molar-refractivity contribution in [3.8, 4) is 11.1 Å². The molecule has 0 aliphatic carbocycles. The van der Waals surface area contributed by atoms with Crippen LogP contribution in [0.5, 0.6) is 0 Å². The van der Waals surface area contributed by atoms with Crippen molar-refractivity contribution in [1.29, 1.82) is 0 Å². The summed E-state index contributed by atoms with van der Waals surface area (Å²) in [4.78, 5) is 0. The third-order valence-electron chi connectivity index (χ3n) is 7.30. The fourth-order valence-electron chi connectivity index (χ4n) is 5.58. The average molecular weight is 431 g/mol. The molecule has 4 aromatic carbocycles. The molecule has 0 aliphatic heterocycles. The van der Waals surface area contributed by atoms with E-state index in [4.69, 9.17) is 0 Å². The topological polar surface area (TPSA) is 9.86 Å². The van der Waals surface area contributed by atoms with Crippen molar-refractivity contribution in [2.45, 2.75) is 46.2 Å². The summed E-state index contributed by atoms with van der Waals surface area (Å²) in [6.07, 6.45) is 1.12. The van der Waals surface area contributed by atoms with Crippen LogP contribution in [0, 0.1) is 0 Å². The number of fused-ring (bicyclic) bond motifs is 6. The lowest BCUT2D eigenvalue weighted by molar-refractivity contribution is 0.563. The van der Waals surface area contributed by atoms with E-state index >= 15 is 0 Å². The second kappa shape index (κ2) is 7.52. The van der Waals surface area contributed by atoms with Crippen LogP contribution in [0.15, 0.2) is 84.9 Å². The fourth-order valence-corrected chi connectivity index (χ4v) is 5.58. The average Bonchev–Trinajstić information content (AvgIpc) is 3.36. The molecule has 0 fully saturated rings. The van der Waals surface area contributed by atoms with E-state index < -0.39 is 0 Å². The first-order chi connectivity index (χ1) is 16.1. The molecule has 2 heteroatoms. The molecule has 0 amide bonds. The molecule has 6 aromatic rings. The Bertz CT molecular complexity index is 1640. The van der Waals surface area contributed by atoms with E-state index in [0.717, 1.165) is 6.42 Å². The van der Waals surface area contributed by atoms with Crippen LogP contribution in [0.1, 0.15) is 46.2 Å². The number of hydrogen-bond acceptors (Lipinski definition) is 0. The molecular formula is C31H30N2. The van der Waals surface area contributed by atoms with Gasteiger partial charge in [-0.3, -0.25) is 0 Å². The first-order valence-corrected chi connectivity index (χ1v) is 12.1. The molecule has 2 nitrogen and oxygen atoms in total. The largest absolute Gasteiger partial charge is 0.338 e. The molecule has 0 aliphatic rings. The van der Waals surface area contributed by atoms with Crippen molar-refractivity contribution in [2.24, 2.45) is 0 Å². The zero-order valence-corrected chi connectivity index (χ0v) is 19.8. The lowest BCUT2D eigenvalue weighted by Crippen LogP contribution is -2.02. The first kappa shape index (κ1) is 20.1. The predicted octanol–water partition coefficient (Wildman–Crippen LogP) is 9.12. The van der Waals surface area contributed by atoms with Gasteiger partial charge in [-0.1, -0.05) is 55.5 Å². The van der Waals surface area contributed by atoms with Crippen molar-refractivity contribution in [3.63, 3.8) is 0 Å². The Hall–Kier alpha value is -3.52. The number of para-hydroxylation sites is 2. The number of hydrogen-bond donors (Lipinski definition) is 0. The van der Waals surface area contributed by atoms with Crippen molar-refractivity contribution in [3.05, 3.63) is 84.9 Å². The van der Waals surface area contributed by atoms with Gasteiger partial charge in [-0.05, 0) is 74.7 Å². The summed E-state index contributed by atoms with van der Waals surface area (Å²) in [6.45, 7) is 9.11. The summed E-state index contributed by atoms with van der Waals surface area (Å²) in [5.74, 6) is 0. The van der Waals surface area contributed by atoms with Gasteiger partial charge in [0, 0.05) is 55.7 Å². The SMILES string of the molecule is CCC(C)n1c2ccccc2c2cc(-c3ccc4c(c3)c3ccccc3n4C(C)C)ccc21. The number of rotatable bonds is 4. The molecule has 33 heavy (non-hydrogen) atoms. The molecule has 0 saturated carbocycles. The van der Waals surface area contributed by atoms with Gasteiger partial charge in [0.15, 0.2) is 0 Å². The zero-order valence-electron chi connectivity index (χ0n) is 19.8. The highest BCUT2D eigenvalue weighted by molar-refractivity contribution is 6.11. The predicted molar refractivity (Wildman–Crippen MR) is 143 cm³/mol. The highest BCUT2D eigenvalue weighted by atomic mass is 15.0. The van der Waals surface area contributed by atoms with Gasteiger partial charge in [-0.2, -0.15) is 0 Å². The Kier molecular flexibility index (Phi) is 4.58. The summed E-state index contributed by atoms with van der Waals surface area (Å²) >= 11 is 0. The van der Waals surface area contributed by atoms with Crippen LogP contribution in [-0.4, -0.2) is 9.13 Å². The fraction of sp³-hybridized carbons (Fsp3) is 0.226. The van der Waals surface area contributed by atoms with E-state index in [-0.39, 0.29) is 0 Å². The molecule has 2 aromatic heterocycles. The first-order valence-electron chi connectivity index (χ1n) is 12.1. The Morgan fingerprint density at radius 3 is 1.52 bits per heavy atom. The van der Waals surface area contributed by atoms with Crippen LogP contribution < -0.4 is 0 Å². The van der Waals surface area contributed by atoms with Gasteiger partial charge in [0.1, 0.15) is 0 Å². The van der Waals surface area contributed by atoms with Crippen LogP contribution in [0.3, 0.4) is 0 Å². The summed E-state index contributed by atoms with van der Waals surface area (Å²) in [5, 5.41) is 5.34. The Morgan fingerprint density at radius 2 is 1.00 bits per heavy atom. The molecule has 0 bridgehead atoms. The molecule has 0 spiro atoms. The van der Waals surface area contributed by atoms with Gasteiger partial charge in [0.05, 0.1) is 0 Å². The second-order valence-electron chi connectivity index (χ2n) is 9.59. The molecule has 1 atom stereocenters. The zero-order chi connectivity index (χ0) is 22.7. The lowest BCUT2D eigenvalue weighted by Gasteiger charge is -2.15. The smallest absolute Gasteiger partial charge is 0.0494 e. The van der Waals surface area contributed by atoms with Gasteiger partial charge in [0.25, 0.3) is 0 Å². The maximum absolute atomic E-state index is 2.51. The van der Waals surface area contributed by atoms with Gasteiger partial charge in [-0.15, -0.1) is 0 Å². The van der Waals surface area contributed by atoms with Crippen molar-refractivity contribution in [1.82, 2.24) is 9.13 Å². The van der Waals surface area contributed by atoms with Crippen LogP contribution in [-0.2, 0) is 0 Å². The van der Waals surface area contributed by atoms with Gasteiger partial charge in [-0.25, -0.2) is 0 Å². The van der Waals surface area contributed by atoms with E-state index in [1.807, 2.05) is 0 Å². The standard InChI is InChI=1S/C31H30N2/c1-5-21(4)33-29-13-9-7-11-25(29)27-19-23(15-17-31(27)33)22-14-16-30-26(18-22)24-10-6-8-12-28(24)32(30)20(2)3/h6-21H,5H2,1-4H3. The quantitative estimate of drug-likeness (QED) is 0.264. The monoisotopic (exact) mass is 430 g/mol. The highest BCUT2D eigenvalue weighted by Crippen LogP contribution is 2.38.